The normalized spacial score (nSPS) is 11.0. The van der Waals surface area contributed by atoms with E-state index >= 15 is 0 Å². The molecule has 6 heteroatoms. The van der Waals surface area contributed by atoms with Gasteiger partial charge in [0.25, 0.3) is 0 Å². The van der Waals surface area contributed by atoms with Gasteiger partial charge < -0.3 is 9.26 Å². The van der Waals surface area contributed by atoms with E-state index in [0.29, 0.717) is 11.3 Å². The Bertz CT molecular complexity index is 890. The Morgan fingerprint density at radius 1 is 0.871 bits per heavy atom. The van der Waals surface area contributed by atoms with E-state index in [4.69, 9.17) is 9.26 Å². The van der Waals surface area contributed by atoms with Crippen molar-refractivity contribution in [3.63, 3.8) is 0 Å². The average Bonchev–Trinajstić information content (AvgIpc) is 3.16. The first-order valence-corrected chi connectivity index (χ1v) is 10.2. The molecule has 3 rings (SSSR count). The molecular formula is C25H32F3NO2. The molecular weight excluding hydrogens is 403 g/mol. The Balaban J connectivity index is 0.000000337. The molecule has 3 aromatic rings. The van der Waals surface area contributed by atoms with Crippen molar-refractivity contribution in [2.24, 2.45) is 0 Å². The molecule has 0 N–H and O–H groups in total. The molecule has 2 aromatic carbocycles. The fourth-order valence-corrected chi connectivity index (χ4v) is 2.31. The summed E-state index contributed by atoms with van der Waals surface area (Å²) in [7, 11) is 0. The lowest BCUT2D eigenvalue weighted by Crippen LogP contribution is -2.09. The zero-order valence-corrected chi connectivity index (χ0v) is 19.3. The van der Waals surface area contributed by atoms with Crippen LogP contribution in [0.25, 0.3) is 0 Å². The topological polar surface area (TPSA) is 35.3 Å². The molecule has 1 aromatic heterocycles. The Hall–Kier alpha value is -2.76. The molecule has 1 heterocycles. The second-order valence-corrected chi connectivity index (χ2v) is 7.88. The lowest BCUT2D eigenvalue weighted by molar-refractivity contribution is -0.137. The molecule has 0 bridgehead atoms. The van der Waals surface area contributed by atoms with Crippen molar-refractivity contribution in [2.75, 3.05) is 0 Å². The number of benzene rings is 2. The average molecular weight is 436 g/mol. The van der Waals surface area contributed by atoms with Crippen LogP contribution in [0.2, 0.25) is 0 Å². The minimum absolute atomic E-state index is 0.0846. The van der Waals surface area contributed by atoms with Crippen molar-refractivity contribution >= 4 is 0 Å². The monoisotopic (exact) mass is 435 g/mol. The van der Waals surface area contributed by atoms with E-state index in [1.54, 1.807) is 0 Å². The number of hydrogen-bond donors (Lipinski definition) is 0. The second kappa shape index (κ2) is 11.6. The summed E-state index contributed by atoms with van der Waals surface area (Å²) in [4.78, 5) is 0. The molecule has 31 heavy (non-hydrogen) atoms. The third kappa shape index (κ3) is 9.28. The smallest absolute Gasteiger partial charge is 0.416 e. The molecule has 0 atom stereocenters. The predicted octanol–water partition coefficient (Wildman–Crippen LogP) is 7.90. The summed E-state index contributed by atoms with van der Waals surface area (Å²) < 4.78 is 47.7. The molecule has 0 radical (unpaired) electrons. The molecule has 0 saturated carbocycles. The molecule has 170 valence electrons. The highest BCUT2D eigenvalue weighted by molar-refractivity contribution is 5.28. The third-order valence-corrected chi connectivity index (χ3v) is 4.07. The number of alkyl halides is 3. The summed E-state index contributed by atoms with van der Waals surface area (Å²) >= 11 is 0. The van der Waals surface area contributed by atoms with E-state index in [1.165, 1.54) is 12.1 Å². The van der Waals surface area contributed by atoms with E-state index in [1.807, 2.05) is 58.0 Å². The number of aryl methyl sites for hydroxylation is 2. The van der Waals surface area contributed by atoms with Gasteiger partial charge in [-0.3, -0.25) is 0 Å². The first kappa shape index (κ1) is 26.3. The summed E-state index contributed by atoms with van der Waals surface area (Å²) in [5.41, 5.74) is 2.22. The van der Waals surface area contributed by atoms with Crippen LogP contribution in [0.1, 0.15) is 62.8 Å². The Morgan fingerprint density at radius 2 is 1.42 bits per heavy atom. The maximum absolute atomic E-state index is 12.4. The van der Waals surface area contributed by atoms with Gasteiger partial charge in [-0.05, 0) is 43.7 Å². The maximum Gasteiger partial charge on any atom is 0.416 e. The molecule has 0 unspecified atom stereocenters. The molecule has 0 aliphatic rings. The van der Waals surface area contributed by atoms with E-state index in [2.05, 4.69) is 25.9 Å². The number of ether oxygens (including phenoxy) is 1. The van der Waals surface area contributed by atoms with E-state index in [-0.39, 0.29) is 12.0 Å². The molecule has 0 fully saturated rings. The zero-order chi connectivity index (χ0) is 23.7. The van der Waals surface area contributed by atoms with Gasteiger partial charge >= 0.3 is 6.18 Å². The minimum Gasteiger partial charge on any atom is -0.489 e. The fraction of sp³-hybridized carbons (Fsp3) is 0.400. The van der Waals surface area contributed by atoms with Gasteiger partial charge in [0, 0.05) is 11.5 Å². The number of nitrogens with zero attached hydrogens (tertiary/aromatic N) is 1. The van der Waals surface area contributed by atoms with Crippen LogP contribution in [0.5, 0.6) is 5.75 Å². The highest BCUT2D eigenvalue weighted by atomic mass is 19.4. The van der Waals surface area contributed by atoms with Crippen molar-refractivity contribution in [1.29, 1.82) is 0 Å². The largest absolute Gasteiger partial charge is 0.489 e. The van der Waals surface area contributed by atoms with Crippen LogP contribution < -0.4 is 4.74 Å². The Morgan fingerprint density at radius 3 is 1.81 bits per heavy atom. The van der Waals surface area contributed by atoms with Gasteiger partial charge in [-0.25, -0.2) is 0 Å². The van der Waals surface area contributed by atoms with E-state index in [0.717, 1.165) is 29.2 Å². The molecule has 0 amide bonds. The Labute approximate surface area is 183 Å². The second-order valence-electron chi connectivity index (χ2n) is 7.88. The number of rotatable bonds is 3. The van der Waals surface area contributed by atoms with Crippen molar-refractivity contribution in [3.05, 3.63) is 82.7 Å². The highest BCUT2D eigenvalue weighted by Crippen LogP contribution is 2.29. The van der Waals surface area contributed by atoms with Crippen LogP contribution in [-0.4, -0.2) is 5.16 Å². The Kier molecular flexibility index (Phi) is 9.82. The van der Waals surface area contributed by atoms with Gasteiger partial charge in [0.1, 0.15) is 18.1 Å². The van der Waals surface area contributed by atoms with Gasteiger partial charge in [0.15, 0.2) is 0 Å². The molecule has 0 aliphatic carbocycles. The maximum atomic E-state index is 12.4. The van der Waals surface area contributed by atoms with Crippen LogP contribution in [0.15, 0.2) is 59.1 Å². The zero-order valence-electron chi connectivity index (χ0n) is 19.3. The van der Waals surface area contributed by atoms with Gasteiger partial charge in [-0.1, -0.05) is 69.6 Å². The summed E-state index contributed by atoms with van der Waals surface area (Å²) in [6, 6.07) is 14.5. The van der Waals surface area contributed by atoms with Crippen molar-refractivity contribution < 1.29 is 22.4 Å². The molecule has 0 saturated heterocycles. The van der Waals surface area contributed by atoms with Crippen molar-refractivity contribution in [1.82, 2.24) is 5.16 Å². The van der Waals surface area contributed by atoms with Crippen molar-refractivity contribution in [3.8, 4) is 5.75 Å². The van der Waals surface area contributed by atoms with Crippen LogP contribution in [-0.2, 0) is 18.2 Å². The van der Waals surface area contributed by atoms with Gasteiger partial charge in [0.2, 0.25) is 0 Å². The molecule has 0 spiro atoms. The first-order valence-electron chi connectivity index (χ1n) is 10.2. The van der Waals surface area contributed by atoms with Crippen LogP contribution in [0.3, 0.4) is 0 Å². The van der Waals surface area contributed by atoms with Gasteiger partial charge in [-0.15, -0.1) is 0 Å². The minimum atomic E-state index is -4.30. The first-order chi connectivity index (χ1) is 14.4. The van der Waals surface area contributed by atoms with Gasteiger partial charge in [0.05, 0.1) is 11.3 Å². The standard InChI is InChI=1S/C15H13F3O.C8H13NO.C2H6/c1-11-2-8-14(9-3-11)19-10-12-4-6-13(7-5-12)15(16,17)18;1-6-5-7(10-9-6)8(2,3)4;1-2/h2-9H,10H2,1H3;5H,1-4H3;1-2H3. The number of aromatic nitrogens is 1. The van der Waals surface area contributed by atoms with E-state index in [9.17, 15) is 13.2 Å². The number of halogens is 3. The SMILES string of the molecule is CC.Cc1cc(C(C)(C)C)on1.Cc1ccc(OCc2ccc(C(F)(F)F)cc2)cc1. The van der Waals surface area contributed by atoms with Gasteiger partial charge in [-0.2, -0.15) is 13.2 Å². The molecule has 0 aliphatic heterocycles. The predicted molar refractivity (Wildman–Crippen MR) is 118 cm³/mol. The lowest BCUT2D eigenvalue weighted by atomic mass is 9.93. The lowest BCUT2D eigenvalue weighted by Gasteiger charge is -2.11. The quantitative estimate of drug-likeness (QED) is 0.419. The van der Waals surface area contributed by atoms with E-state index < -0.39 is 11.7 Å². The van der Waals surface area contributed by atoms with Crippen molar-refractivity contribution in [2.45, 2.75) is 66.7 Å². The summed E-state index contributed by atoms with van der Waals surface area (Å²) in [5, 5.41) is 3.81. The highest BCUT2D eigenvalue weighted by Gasteiger charge is 2.29. The van der Waals surface area contributed by atoms with Crippen LogP contribution in [0.4, 0.5) is 13.2 Å². The number of hydrogen-bond acceptors (Lipinski definition) is 3. The summed E-state index contributed by atoms with van der Waals surface area (Å²) in [5.74, 6) is 1.65. The third-order valence-electron chi connectivity index (χ3n) is 4.07. The fourth-order valence-electron chi connectivity index (χ4n) is 2.31. The summed E-state index contributed by atoms with van der Waals surface area (Å²) in [6.07, 6.45) is -4.30. The van der Waals surface area contributed by atoms with Crippen LogP contribution >= 0.6 is 0 Å². The van der Waals surface area contributed by atoms with Crippen LogP contribution in [0, 0.1) is 13.8 Å². The summed E-state index contributed by atoms with van der Waals surface area (Å²) in [6.45, 7) is 14.5. The molecule has 3 nitrogen and oxygen atoms in total.